The Hall–Kier alpha value is -0.540. The molecule has 2 rings (SSSR count). The minimum atomic E-state index is -3.77. The van der Waals surface area contributed by atoms with Crippen LogP contribution < -0.4 is 10.0 Å². The summed E-state index contributed by atoms with van der Waals surface area (Å²) in [6.45, 7) is 0.429. The molecule has 0 unspecified atom stereocenters. The molecule has 1 aromatic heterocycles. The highest BCUT2D eigenvalue weighted by Gasteiger charge is 2.23. The number of nitrogens with one attached hydrogen (secondary N) is 2. The van der Waals surface area contributed by atoms with Crippen LogP contribution in [0.1, 0.15) is 5.76 Å². The van der Waals surface area contributed by atoms with Gasteiger partial charge >= 0.3 is 0 Å². The van der Waals surface area contributed by atoms with Crippen LogP contribution in [0.2, 0.25) is 5.02 Å². The van der Waals surface area contributed by atoms with Crippen LogP contribution in [0.15, 0.2) is 42.7 Å². The zero-order valence-corrected chi connectivity index (χ0v) is 15.5. The molecule has 2 N–H and O–H groups in total. The highest BCUT2D eigenvalue weighted by Crippen LogP contribution is 2.31. The van der Waals surface area contributed by atoms with E-state index in [1.54, 1.807) is 25.2 Å². The van der Waals surface area contributed by atoms with E-state index in [-0.39, 0.29) is 9.56 Å². The molecule has 0 aliphatic heterocycles. The molecule has 5 nitrogen and oxygen atoms in total. The highest BCUT2D eigenvalue weighted by molar-refractivity contribution is 9.10. The molecule has 0 saturated heterocycles. The van der Waals surface area contributed by atoms with Gasteiger partial charge in [0.05, 0.1) is 12.2 Å². The van der Waals surface area contributed by atoms with E-state index in [0.29, 0.717) is 27.5 Å². The maximum atomic E-state index is 12.4. The predicted molar refractivity (Wildman–Crippen MR) is 89.1 cm³/mol. The molecule has 0 radical (unpaired) electrons. The lowest BCUT2D eigenvalue weighted by Crippen LogP contribution is -2.13. The summed E-state index contributed by atoms with van der Waals surface area (Å²) in [4.78, 5) is 0.0367. The minimum absolute atomic E-state index is 0.0367. The van der Waals surface area contributed by atoms with E-state index < -0.39 is 10.0 Å². The van der Waals surface area contributed by atoms with E-state index in [9.17, 15) is 8.42 Å². The maximum absolute atomic E-state index is 12.4. The Morgan fingerprint density at radius 1 is 1.29 bits per heavy atom. The molecular formula is C12H11Br2ClN2O3S. The van der Waals surface area contributed by atoms with Gasteiger partial charge in [-0.3, -0.25) is 4.72 Å². The van der Waals surface area contributed by atoms with Crippen molar-refractivity contribution in [1.29, 1.82) is 0 Å². The molecule has 0 atom stereocenters. The molecule has 0 amide bonds. The van der Waals surface area contributed by atoms with Crippen LogP contribution in [0.25, 0.3) is 0 Å². The molecule has 0 saturated carbocycles. The number of anilines is 1. The third-order valence-corrected chi connectivity index (χ3v) is 5.64. The third kappa shape index (κ3) is 4.01. The molecule has 0 aliphatic carbocycles. The monoisotopic (exact) mass is 456 g/mol. The Balaban J connectivity index is 2.34. The summed E-state index contributed by atoms with van der Waals surface area (Å²) in [5.41, 5.74) is 0.391. The van der Waals surface area contributed by atoms with Crippen molar-refractivity contribution in [2.75, 3.05) is 11.8 Å². The van der Waals surface area contributed by atoms with Crippen molar-refractivity contribution in [2.24, 2.45) is 0 Å². The standard InChI is InChI=1S/C12H11Br2ClN2O3S/c1-16-6-8-5-11(12(14)20-8)21(18,19)17-10-3-2-7(15)4-9(10)13/h2-5,16-17H,6H2,1H3. The van der Waals surface area contributed by atoms with E-state index in [2.05, 4.69) is 41.9 Å². The van der Waals surface area contributed by atoms with E-state index in [1.165, 1.54) is 6.07 Å². The molecule has 0 spiro atoms. The second-order valence-electron chi connectivity index (χ2n) is 4.11. The van der Waals surface area contributed by atoms with Crippen molar-refractivity contribution in [3.05, 3.63) is 44.2 Å². The molecule has 9 heteroatoms. The van der Waals surface area contributed by atoms with E-state index in [0.717, 1.165) is 0 Å². The maximum Gasteiger partial charge on any atom is 0.266 e. The van der Waals surface area contributed by atoms with Crippen LogP contribution in [0.4, 0.5) is 5.69 Å². The van der Waals surface area contributed by atoms with Crippen LogP contribution in [-0.4, -0.2) is 15.5 Å². The van der Waals surface area contributed by atoms with Crippen LogP contribution in [-0.2, 0) is 16.6 Å². The van der Waals surface area contributed by atoms with Gasteiger partial charge in [0.1, 0.15) is 10.7 Å². The van der Waals surface area contributed by atoms with Crippen LogP contribution in [0.3, 0.4) is 0 Å². The minimum Gasteiger partial charge on any atom is -0.451 e. The van der Waals surface area contributed by atoms with Gasteiger partial charge in [0.2, 0.25) is 0 Å². The van der Waals surface area contributed by atoms with Crippen LogP contribution in [0.5, 0.6) is 0 Å². The number of halogens is 3. The fourth-order valence-electron chi connectivity index (χ4n) is 1.61. The van der Waals surface area contributed by atoms with Gasteiger partial charge in [-0.2, -0.15) is 0 Å². The van der Waals surface area contributed by atoms with Gasteiger partial charge in [0, 0.05) is 15.6 Å². The van der Waals surface area contributed by atoms with Gasteiger partial charge in [-0.1, -0.05) is 11.6 Å². The molecule has 0 fully saturated rings. The van der Waals surface area contributed by atoms with Crippen LogP contribution in [0, 0.1) is 0 Å². The summed E-state index contributed by atoms with van der Waals surface area (Å²) < 4.78 is 33.3. The summed E-state index contributed by atoms with van der Waals surface area (Å²) >= 11 is 12.2. The Kier molecular flexibility index (Phi) is 5.37. The molecule has 114 valence electrons. The first-order valence-electron chi connectivity index (χ1n) is 5.74. The number of hydrogen-bond acceptors (Lipinski definition) is 4. The second kappa shape index (κ2) is 6.70. The third-order valence-electron chi connectivity index (χ3n) is 2.52. The first kappa shape index (κ1) is 16.8. The van der Waals surface area contributed by atoms with Gasteiger partial charge in [-0.15, -0.1) is 0 Å². The fourth-order valence-corrected chi connectivity index (χ4v) is 4.61. The zero-order chi connectivity index (χ0) is 15.6. The first-order chi connectivity index (χ1) is 9.83. The number of rotatable bonds is 5. The first-order valence-corrected chi connectivity index (χ1v) is 9.19. The van der Waals surface area contributed by atoms with Gasteiger partial charge in [0.25, 0.3) is 10.0 Å². The van der Waals surface area contributed by atoms with E-state index in [4.69, 9.17) is 16.0 Å². The summed E-state index contributed by atoms with van der Waals surface area (Å²) in [6.07, 6.45) is 0. The average molecular weight is 459 g/mol. The SMILES string of the molecule is CNCc1cc(S(=O)(=O)Nc2ccc(Cl)cc2Br)c(Br)o1. The summed E-state index contributed by atoms with van der Waals surface area (Å²) in [6, 6.07) is 6.25. The van der Waals surface area contributed by atoms with Crippen molar-refractivity contribution in [3.8, 4) is 0 Å². The van der Waals surface area contributed by atoms with Gasteiger partial charge in [-0.05, 0) is 57.1 Å². The molecule has 1 aromatic carbocycles. The Morgan fingerprint density at radius 2 is 2.00 bits per heavy atom. The largest absolute Gasteiger partial charge is 0.451 e. The van der Waals surface area contributed by atoms with E-state index >= 15 is 0 Å². The topological polar surface area (TPSA) is 71.3 Å². The van der Waals surface area contributed by atoms with E-state index in [1.807, 2.05) is 0 Å². The molecule has 1 heterocycles. The zero-order valence-electron chi connectivity index (χ0n) is 10.8. The lowest BCUT2D eigenvalue weighted by molar-refractivity contribution is 0.470. The average Bonchev–Trinajstić information content (AvgIpc) is 2.75. The quantitative estimate of drug-likeness (QED) is 0.711. The second-order valence-corrected chi connectivity index (χ2v) is 7.77. The Labute approximate surface area is 144 Å². The normalized spacial score (nSPS) is 11.6. The van der Waals surface area contributed by atoms with Gasteiger partial charge < -0.3 is 9.73 Å². The molecule has 2 aromatic rings. The molecule has 0 bridgehead atoms. The summed E-state index contributed by atoms with van der Waals surface area (Å²) in [5, 5.41) is 3.39. The number of hydrogen-bond donors (Lipinski definition) is 2. The Morgan fingerprint density at radius 3 is 2.62 bits per heavy atom. The molecular weight excluding hydrogens is 447 g/mol. The lowest BCUT2D eigenvalue weighted by Gasteiger charge is -2.08. The predicted octanol–water partition coefficient (Wildman–Crippen LogP) is 3.98. The smallest absolute Gasteiger partial charge is 0.266 e. The van der Waals surface area contributed by atoms with Crippen molar-refractivity contribution in [1.82, 2.24) is 5.32 Å². The number of benzene rings is 1. The van der Waals surface area contributed by atoms with Gasteiger partial charge in [0.15, 0.2) is 4.67 Å². The van der Waals surface area contributed by atoms with Gasteiger partial charge in [-0.25, -0.2) is 8.42 Å². The summed E-state index contributed by atoms with van der Waals surface area (Å²) in [7, 11) is -2.02. The van der Waals surface area contributed by atoms with Crippen molar-refractivity contribution >= 4 is 59.2 Å². The van der Waals surface area contributed by atoms with Crippen molar-refractivity contribution in [3.63, 3.8) is 0 Å². The number of sulfonamides is 1. The lowest BCUT2D eigenvalue weighted by atomic mass is 10.3. The Bertz CT molecular complexity index is 762. The molecule has 21 heavy (non-hydrogen) atoms. The van der Waals surface area contributed by atoms with Crippen molar-refractivity contribution in [2.45, 2.75) is 11.4 Å². The molecule has 0 aliphatic rings. The summed E-state index contributed by atoms with van der Waals surface area (Å²) in [5.74, 6) is 0.514. The number of furan rings is 1. The highest BCUT2D eigenvalue weighted by atomic mass is 79.9. The fraction of sp³-hybridized carbons (Fsp3) is 0.167. The van der Waals surface area contributed by atoms with Crippen LogP contribution >= 0.6 is 43.5 Å². The van der Waals surface area contributed by atoms with Crippen molar-refractivity contribution < 1.29 is 12.8 Å².